The summed E-state index contributed by atoms with van der Waals surface area (Å²) in [6.07, 6.45) is 4.79. The molecule has 0 unspecified atom stereocenters. The van der Waals surface area contributed by atoms with Crippen molar-refractivity contribution in [3.63, 3.8) is 0 Å². The van der Waals surface area contributed by atoms with Crippen LogP contribution in [0.2, 0.25) is 0 Å². The summed E-state index contributed by atoms with van der Waals surface area (Å²) in [4.78, 5) is 11.3. The summed E-state index contributed by atoms with van der Waals surface area (Å²) in [5.41, 5.74) is 0.308. The molecule has 0 aromatic rings. The second kappa shape index (κ2) is 5.21. The van der Waals surface area contributed by atoms with Gasteiger partial charge in [0.25, 0.3) is 0 Å². The molecule has 1 aliphatic carbocycles. The van der Waals surface area contributed by atoms with Gasteiger partial charge in [-0.3, -0.25) is 0 Å². The minimum atomic E-state index is -0.729. The van der Waals surface area contributed by atoms with Crippen LogP contribution in [0.4, 0.5) is 0 Å². The van der Waals surface area contributed by atoms with Crippen molar-refractivity contribution in [1.82, 2.24) is 0 Å². The van der Waals surface area contributed by atoms with E-state index in [4.69, 9.17) is 9.47 Å². The van der Waals surface area contributed by atoms with Crippen molar-refractivity contribution in [3.05, 3.63) is 12.7 Å². The molecule has 0 atom stereocenters. The quantitative estimate of drug-likeness (QED) is 0.431. The van der Waals surface area contributed by atoms with Gasteiger partial charge >= 0.3 is 5.97 Å². The maximum atomic E-state index is 11.3. The van der Waals surface area contributed by atoms with E-state index < -0.39 is 11.8 Å². The molecule has 0 bridgehead atoms. The zero-order chi connectivity index (χ0) is 13.1. The molecule has 0 amide bonds. The van der Waals surface area contributed by atoms with Gasteiger partial charge in [-0.25, -0.2) is 4.79 Å². The van der Waals surface area contributed by atoms with Crippen LogP contribution in [0.25, 0.3) is 0 Å². The molecule has 1 aliphatic rings. The van der Waals surface area contributed by atoms with Crippen LogP contribution in [0.15, 0.2) is 12.7 Å². The summed E-state index contributed by atoms with van der Waals surface area (Å²) in [5.74, 6) is -0.471. The Kier molecular flexibility index (Phi) is 4.36. The number of esters is 1. The smallest absolute Gasteiger partial charge is 0.332 e. The largest absolute Gasteiger partial charge is 0.430 e. The summed E-state index contributed by atoms with van der Waals surface area (Å²) < 4.78 is 10.8. The molecule has 0 heterocycles. The Morgan fingerprint density at radius 2 is 1.88 bits per heavy atom. The van der Waals surface area contributed by atoms with Crippen LogP contribution in [0.5, 0.6) is 0 Å². The number of carbonyl (C=O) groups excluding carboxylic acids is 1. The predicted octanol–water partition coefficient (Wildman–Crippen LogP) is 3.29. The van der Waals surface area contributed by atoms with Crippen LogP contribution in [-0.4, -0.2) is 18.9 Å². The lowest BCUT2D eigenvalue weighted by atomic mass is 9.71. The molecule has 0 spiro atoms. The average Bonchev–Trinajstić information content (AvgIpc) is 2.28. The maximum absolute atomic E-state index is 11.3. The van der Waals surface area contributed by atoms with Gasteiger partial charge in [0, 0.05) is 26.0 Å². The van der Waals surface area contributed by atoms with Crippen LogP contribution in [0.3, 0.4) is 0 Å². The Labute approximate surface area is 104 Å². The first-order valence-electron chi connectivity index (χ1n) is 6.23. The molecule has 98 valence electrons. The average molecular weight is 240 g/mol. The van der Waals surface area contributed by atoms with Crippen molar-refractivity contribution in [1.29, 1.82) is 0 Å². The van der Waals surface area contributed by atoms with Gasteiger partial charge in [-0.2, -0.15) is 0 Å². The summed E-state index contributed by atoms with van der Waals surface area (Å²) in [7, 11) is 1.60. The Hall–Kier alpha value is -0.830. The number of methoxy groups -OCH3 is 1. The number of hydrogen-bond acceptors (Lipinski definition) is 3. The molecule has 0 aliphatic heterocycles. The first-order valence-corrected chi connectivity index (χ1v) is 6.23. The van der Waals surface area contributed by atoms with Gasteiger partial charge in [0.05, 0.1) is 0 Å². The molecule has 0 saturated heterocycles. The van der Waals surface area contributed by atoms with Gasteiger partial charge in [0.1, 0.15) is 0 Å². The van der Waals surface area contributed by atoms with E-state index in [9.17, 15) is 4.79 Å². The molecule has 0 N–H and O–H groups in total. The molecular formula is C14H24O3. The van der Waals surface area contributed by atoms with Crippen molar-refractivity contribution < 1.29 is 14.3 Å². The van der Waals surface area contributed by atoms with Crippen molar-refractivity contribution in [2.75, 3.05) is 7.11 Å². The third kappa shape index (κ3) is 3.56. The topological polar surface area (TPSA) is 35.5 Å². The summed E-state index contributed by atoms with van der Waals surface area (Å²) in [5, 5.41) is 0. The molecule has 0 aromatic carbocycles. The Morgan fingerprint density at radius 3 is 2.24 bits per heavy atom. The number of ether oxygens (including phenoxy) is 2. The zero-order valence-electron chi connectivity index (χ0n) is 11.4. The highest BCUT2D eigenvalue weighted by Crippen LogP contribution is 2.43. The van der Waals surface area contributed by atoms with E-state index >= 15 is 0 Å². The normalized spacial score (nSPS) is 29.8. The molecule has 3 heteroatoms. The van der Waals surface area contributed by atoms with Crippen molar-refractivity contribution >= 4 is 5.97 Å². The standard InChI is InChI=1S/C14H24O3/c1-6-12(15)17-14(16-5)9-7-11(8-10-14)13(2,3)4/h6,11H,1,7-10H2,2-5H3. The van der Waals surface area contributed by atoms with Crippen molar-refractivity contribution in [3.8, 4) is 0 Å². The van der Waals surface area contributed by atoms with E-state index in [2.05, 4.69) is 27.4 Å². The summed E-state index contributed by atoms with van der Waals surface area (Å²) in [6.45, 7) is 10.2. The van der Waals surface area contributed by atoms with Gasteiger partial charge < -0.3 is 9.47 Å². The van der Waals surface area contributed by atoms with E-state index in [1.807, 2.05) is 0 Å². The van der Waals surface area contributed by atoms with E-state index in [0.29, 0.717) is 11.3 Å². The minimum Gasteiger partial charge on any atom is -0.430 e. The first kappa shape index (κ1) is 14.2. The fourth-order valence-electron chi connectivity index (χ4n) is 2.50. The third-order valence-corrected chi connectivity index (χ3v) is 3.80. The van der Waals surface area contributed by atoms with Gasteiger partial charge in [-0.15, -0.1) is 0 Å². The molecule has 3 nitrogen and oxygen atoms in total. The maximum Gasteiger partial charge on any atom is 0.332 e. The fraction of sp³-hybridized carbons (Fsp3) is 0.786. The van der Waals surface area contributed by atoms with Crippen LogP contribution < -0.4 is 0 Å². The molecule has 0 radical (unpaired) electrons. The lowest BCUT2D eigenvalue weighted by Crippen LogP contribution is -2.42. The zero-order valence-corrected chi connectivity index (χ0v) is 11.4. The Morgan fingerprint density at radius 1 is 1.35 bits per heavy atom. The highest BCUT2D eigenvalue weighted by molar-refractivity contribution is 5.81. The first-order chi connectivity index (χ1) is 7.83. The molecule has 1 fully saturated rings. The van der Waals surface area contributed by atoms with Crippen LogP contribution in [0.1, 0.15) is 46.5 Å². The van der Waals surface area contributed by atoms with E-state index in [1.165, 1.54) is 6.08 Å². The van der Waals surface area contributed by atoms with E-state index in [0.717, 1.165) is 25.7 Å². The Balaban J connectivity index is 2.63. The van der Waals surface area contributed by atoms with Gasteiger partial charge in [0.15, 0.2) is 0 Å². The van der Waals surface area contributed by atoms with E-state index in [1.54, 1.807) is 7.11 Å². The SMILES string of the molecule is C=CC(=O)OC1(OC)CCC(C(C)(C)C)CC1. The molecule has 1 rings (SSSR count). The fourth-order valence-corrected chi connectivity index (χ4v) is 2.50. The second-order valence-electron chi connectivity index (χ2n) is 5.88. The summed E-state index contributed by atoms with van der Waals surface area (Å²) >= 11 is 0. The van der Waals surface area contributed by atoms with Gasteiger partial charge in [-0.1, -0.05) is 27.4 Å². The number of hydrogen-bond donors (Lipinski definition) is 0. The second-order valence-corrected chi connectivity index (χ2v) is 5.88. The van der Waals surface area contributed by atoms with Gasteiger partial charge in [0.2, 0.25) is 5.79 Å². The predicted molar refractivity (Wildman–Crippen MR) is 67.4 cm³/mol. The van der Waals surface area contributed by atoms with Crippen molar-refractivity contribution in [2.45, 2.75) is 52.2 Å². The number of carbonyl (C=O) groups is 1. The van der Waals surface area contributed by atoms with Crippen molar-refractivity contribution in [2.24, 2.45) is 11.3 Å². The lowest BCUT2D eigenvalue weighted by molar-refractivity contribution is -0.234. The van der Waals surface area contributed by atoms with E-state index in [-0.39, 0.29) is 0 Å². The highest BCUT2D eigenvalue weighted by atomic mass is 16.7. The number of rotatable bonds is 3. The molecule has 17 heavy (non-hydrogen) atoms. The lowest BCUT2D eigenvalue weighted by Gasteiger charge is -2.42. The van der Waals surface area contributed by atoms with Gasteiger partial charge in [-0.05, 0) is 24.2 Å². The third-order valence-electron chi connectivity index (χ3n) is 3.80. The van der Waals surface area contributed by atoms with Crippen LogP contribution >= 0.6 is 0 Å². The highest BCUT2D eigenvalue weighted by Gasteiger charge is 2.41. The Bertz CT molecular complexity index is 280. The summed E-state index contributed by atoms with van der Waals surface area (Å²) in [6, 6.07) is 0. The van der Waals surface area contributed by atoms with Crippen LogP contribution in [-0.2, 0) is 14.3 Å². The van der Waals surface area contributed by atoms with Crippen LogP contribution in [0, 0.1) is 11.3 Å². The molecular weight excluding hydrogens is 216 g/mol. The molecule has 0 aromatic heterocycles. The minimum absolute atomic E-state index is 0.308. The molecule has 1 saturated carbocycles. The monoisotopic (exact) mass is 240 g/mol.